The Morgan fingerprint density at radius 2 is 1.72 bits per heavy atom. The largest absolute Gasteiger partial charge is 0.466 e. The first kappa shape index (κ1) is 15.4. The predicted octanol–water partition coefficient (Wildman–Crippen LogP) is 4.61. The van der Waals surface area contributed by atoms with E-state index >= 15 is 0 Å². The molecule has 0 fully saturated rings. The fourth-order valence-electron chi connectivity index (χ4n) is 2.89. The number of aromatic nitrogens is 1. The third-order valence-corrected chi connectivity index (χ3v) is 4.01. The summed E-state index contributed by atoms with van der Waals surface area (Å²) in [5.41, 5.74) is 2.46. The van der Waals surface area contributed by atoms with E-state index in [1.165, 1.54) is 0 Å². The number of para-hydroxylation sites is 2. The number of hydrogen-bond acceptors (Lipinski definition) is 5. The Morgan fingerprint density at radius 3 is 2.48 bits per heavy atom. The summed E-state index contributed by atoms with van der Waals surface area (Å²) in [6.07, 6.45) is 0.643. The molecule has 0 atom stereocenters. The summed E-state index contributed by atoms with van der Waals surface area (Å²) < 4.78 is 17.0. The lowest BCUT2D eigenvalue weighted by molar-refractivity contribution is -0.143. The normalized spacial score (nSPS) is 11.6. The first-order valence-electron chi connectivity index (χ1n) is 8.28. The number of rotatable bonds is 4. The molecule has 0 N–H and O–H groups in total. The Bertz CT molecular complexity index is 866. The molecule has 1 aliphatic rings. The van der Waals surface area contributed by atoms with Crippen molar-refractivity contribution in [1.82, 2.24) is 4.98 Å². The Morgan fingerprint density at radius 1 is 1.04 bits per heavy atom. The van der Waals surface area contributed by atoms with Crippen LogP contribution in [0.2, 0.25) is 0 Å². The maximum Gasteiger partial charge on any atom is 0.306 e. The summed E-state index contributed by atoms with van der Waals surface area (Å²) in [6.45, 7) is 2.16. The molecule has 0 aliphatic carbocycles. The fraction of sp³-hybridized carbons (Fsp3) is 0.200. The highest BCUT2D eigenvalue weighted by molar-refractivity contribution is 5.85. The van der Waals surface area contributed by atoms with Crippen LogP contribution in [0.4, 0.5) is 0 Å². The second kappa shape index (κ2) is 6.43. The Hall–Kier alpha value is -3.08. The summed E-state index contributed by atoms with van der Waals surface area (Å²) in [7, 11) is 0. The van der Waals surface area contributed by atoms with Gasteiger partial charge in [-0.05, 0) is 31.2 Å². The molecule has 0 bridgehead atoms. The molecule has 25 heavy (non-hydrogen) atoms. The van der Waals surface area contributed by atoms with Crippen LogP contribution in [0.25, 0.3) is 22.6 Å². The smallest absolute Gasteiger partial charge is 0.306 e. The summed E-state index contributed by atoms with van der Waals surface area (Å²) in [4.78, 5) is 16.2. The fourth-order valence-corrected chi connectivity index (χ4v) is 2.89. The zero-order chi connectivity index (χ0) is 17.2. The van der Waals surface area contributed by atoms with Gasteiger partial charge < -0.3 is 13.9 Å². The van der Waals surface area contributed by atoms with Crippen molar-refractivity contribution in [3.63, 3.8) is 0 Å². The van der Waals surface area contributed by atoms with E-state index < -0.39 is 0 Å². The minimum atomic E-state index is -0.250. The zero-order valence-electron chi connectivity index (χ0n) is 13.8. The van der Waals surface area contributed by atoms with Crippen LogP contribution in [-0.2, 0) is 16.0 Å². The van der Waals surface area contributed by atoms with Crippen molar-refractivity contribution in [2.45, 2.75) is 19.8 Å². The van der Waals surface area contributed by atoms with Gasteiger partial charge in [0.25, 0.3) is 0 Å². The summed E-state index contributed by atoms with van der Waals surface area (Å²) in [5.74, 6) is 2.39. The number of oxazole rings is 1. The van der Waals surface area contributed by atoms with Gasteiger partial charge >= 0.3 is 5.97 Å². The van der Waals surface area contributed by atoms with E-state index in [1.807, 2.05) is 48.5 Å². The summed E-state index contributed by atoms with van der Waals surface area (Å²) >= 11 is 0. The van der Waals surface area contributed by atoms with Crippen LogP contribution < -0.4 is 4.74 Å². The Labute approximate surface area is 145 Å². The molecule has 0 amide bonds. The van der Waals surface area contributed by atoms with Crippen LogP contribution in [0.15, 0.2) is 52.9 Å². The van der Waals surface area contributed by atoms with Crippen LogP contribution in [0.5, 0.6) is 11.5 Å². The third kappa shape index (κ3) is 2.89. The average Bonchev–Trinajstić information content (AvgIpc) is 3.00. The van der Waals surface area contributed by atoms with Gasteiger partial charge in [0.1, 0.15) is 17.2 Å². The lowest BCUT2D eigenvalue weighted by Gasteiger charge is -2.08. The predicted molar refractivity (Wildman–Crippen MR) is 92.4 cm³/mol. The van der Waals surface area contributed by atoms with Crippen LogP contribution in [-0.4, -0.2) is 17.6 Å². The number of esters is 1. The van der Waals surface area contributed by atoms with E-state index in [2.05, 4.69) is 4.98 Å². The number of aryl methyl sites for hydroxylation is 1. The Kier molecular flexibility index (Phi) is 3.98. The number of carbonyl (C=O) groups is 1. The molecule has 3 aromatic rings. The van der Waals surface area contributed by atoms with Crippen molar-refractivity contribution in [2.24, 2.45) is 0 Å². The monoisotopic (exact) mass is 335 g/mol. The zero-order valence-corrected chi connectivity index (χ0v) is 13.8. The van der Waals surface area contributed by atoms with Crippen molar-refractivity contribution in [3.05, 3.63) is 54.4 Å². The molecular formula is C20H17NO4. The van der Waals surface area contributed by atoms with E-state index in [-0.39, 0.29) is 12.4 Å². The number of benzene rings is 2. The molecule has 0 saturated heterocycles. The Balaban J connectivity index is 1.77. The highest BCUT2D eigenvalue weighted by Crippen LogP contribution is 2.46. The number of ether oxygens (including phenoxy) is 2. The van der Waals surface area contributed by atoms with Gasteiger partial charge in [-0.25, -0.2) is 4.98 Å². The van der Waals surface area contributed by atoms with Crippen molar-refractivity contribution in [3.8, 4) is 34.1 Å². The molecule has 1 aliphatic heterocycles. The average molecular weight is 335 g/mol. The molecule has 1 aromatic heterocycles. The van der Waals surface area contributed by atoms with Crippen LogP contribution >= 0.6 is 0 Å². The van der Waals surface area contributed by atoms with Gasteiger partial charge in [-0.2, -0.15) is 0 Å². The summed E-state index contributed by atoms with van der Waals surface area (Å²) in [6, 6.07) is 15.4. The first-order chi connectivity index (χ1) is 12.3. The second-order valence-electron chi connectivity index (χ2n) is 5.68. The van der Waals surface area contributed by atoms with Gasteiger partial charge in [-0.1, -0.05) is 24.3 Å². The lowest BCUT2D eigenvalue weighted by atomic mass is 10.1. The quantitative estimate of drug-likeness (QED) is 0.510. The molecule has 5 heteroatoms. The molecule has 0 radical (unpaired) electrons. The van der Waals surface area contributed by atoms with Gasteiger partial charge in [0.05, 0.1) is 18.6 Å². The van der Waals surface area contributed by atoms with Crippen molar-refractivity contribution in [2.75, 3.05) is 6.61 Å². The van der Waals surface area contributed by atoms with Gasteiger partial charge in [-0.3, -0.25) is 4.79 Å². The number of carbonyl (C=O) groups excluding carboxylic acids is 1. The molecule has 5 nitrogen and oxygen atoms in total. The molecule has 0 spiro atoms. The van der Waals surface area contributed by atoms with Crippen molar-refractivity contribution < 1.29 is 18.7 Å². The van der Waals surface area contributed by atoms with E-state index in [0.29, 0.717) is 24.7 Å². The summed E-state index contributed by atoms with van der Waals surface area (Å²) in [5, 5.41) is 0. The van der Waals surface area contributed by atoms with Crippen LogP contribution in [0.3, 0.4) is 0 Å². The standard InChI is InChI=1S/C20H17NO4/c1-2-23-18(22)12-11-17-21-19-13-7-3-5-9-15(13)24-16-10-6-4-8-14(16)20(19)25-17/h3-10H,2,11-12H2,1H3. The third-order valence-electron chi connectivity index (χ3n) is 4.01. The van der Waals surface area contributed by atoms with Gasteiger partial charge in [-0.15, -0.1) is 0 Å². The second-order valence-corrected chi connectivity index (χ2v) is 5.68. The first-order valence-corrected chi connectivity index (χ1v) is 8.28. The molecular weight excluding hydrogens is 318 g/mol. The van der Waals surface area contributed by atoms with E-state index in [4.69, 9.17) is 13.9 Å². The maximum atomic E-state index is 11.6. The van der Waals surface area contributed by atoms with Gasteiger partial charge in [0, 0.05) is 12.0 Å². The molecule has 126 valence electrons. The maximum absolute atomic E-state index is 11.6. The molecule has 2 heterocycles. The SMILES string of the molecule is CCOC(=O)CCc1nc2c(o1)-c1ccccc1Oc1ccccc1-2. The highest BCUT2D eigenvalue weighted by Gasteiger charge is 2.26. The minimum Gasteiger partial charge on any atom is -0.466 e. The number of fused-ring (bicyclic) bond motifs is 5. The van der Waals surface area contributed by atoms with Crippen molar-refractivity contribution >= 4 is 5.97 Å². The molecule has 4 rings (SSSR count). The van der Waals surface area contributed by atoms with E-state index in [1.54, 1.807) is 6.92 Å². The van der Waals surface area contributed by atoms with E-state index in [0.717, 1.165) is 28.3 Å². The molecule has 2 aromatic carbocycles. The molecule has 0 saturated carbocycles. The van der Waals surface area contributed by atoms with Crippen LogP contribution in [0, 0.1) is 0 Å². The van der Waals surface area contributed by atoms with Gasteiger partial charge in [0.2, 0.25) is 0 Å². The lowest BCUT2D eigenvalue weighted by Crippen LogP contribution is -2.05. The minimum absolute atomic E-state index is 0.243. The van der Waals surface area contributed by atoms with Gasteiger partial charge in [0.15, 0.2) is 11.7 Å². The molecule has 0 unspecified atom stereocenters. The van der Waals surface area contributed by atoms with E-state index in [9.17, 15) is 4.79 Å². The van der Waals surface area contributed by atoms with Crippen molar-refractivity contribution in [1.29, 1.82) is 0 Å². The number of nitrogens with zero attached hydrogens (tertiary/aromatic N) is 1. The highest BCUT2D eigenvalue weighted by atomic mass is 16.5. The topological polar surface area (TPSA) is 61.6 Å². The van der Waals surface area contributed by atoms with Crippen LogP contribution in [0.1, 0.15) is 19.2 Å². The number of hydrogen-bond donors (Lipinski definition) is 0.